The molecular weight excluding hydrogens is 276 g/mol. The number of carbonyl (C=O) groups is 1. The minimum Gasteiger partial charge on any atom is -0.491 e. The van der Waals surface area contributed by atoms with E-state index in [4.69, 9.17) is 4.74 Å². The van der Waals surface area contributed by atoms with Gasteiger partial charge in [0, 0.05) is 5.69 Å². The molecule has 2 rings (SSSR count). The van der Waals surface area contributed by atoms with E-state index in [9.17, 15) is 4.79 Å². The van der Waals surface area contributed by atoms with Crippen LogP contribution in [-0.2, 0) is 0 Å². The van der Waals surface area contributed by atoms with E-state index in [0.717, 1.165) is 22.6 Å². The Morgan fingerprint density at radius 1 is 1.05 bits per heavy atom. The first kappa shape index (κ1) is 15.9. The topological polar surface area (TPSA) is 50.4 Å². The van der Waals surface area contributed by atoms with Gasteiger partial charge in [0.25, 0.3) is 0 Å². The summed E-state index contributed by atoms with van der Waals surface area (Å²) in [7, 11) is 0. The number of carbonyl (C=O) groups excluding carboxylic acids is 1. The quantitative estimate of drug-likeness (QED) is 0.825. The van der Waals surface area contributed by atoms with Gasteiger partial charge in [0.1, 0.15) is 12.4 Å². The summed E-state index contributed by atoms with van der Waals surface area (Å²) in [6.07, 6.45) is 0. The summed E-state index contributed by atoms with van der Waals surface area (Å²) in [5.41, 5.74) is 4.20. The normalized spacial score (nSPS) is 10.1. The molecule has 0 atom stereocenters. The van der Waals surface area contributed by atoms with Crippen LogP contribution in [0.2, 0.25) is 0 Å². The molecule has 2 aromatic carbocycles. The van der Waals surface area contributed by atoms with Gasteiger partial charge in [-0.05, 0) is 50.1 Å². The van der Waals surface area contributed by atoms with Gasteiger partial charge >= 0.3 is 6.03 Å². The lowest BCUT2D eigenvalue weighted by Crippen LogP contribution is -2.32. The molecule has 0 unspecified atom stereocenters. The summed E-state index contributed by atoms with van der Waals surface area (Å²) >= 11 is 0. The lowest BCUT2D eigenvalue weighted by atomic mass is 10.1. The van der Waals surface area contributed by atoms with Gasteiger partial charge in [0.2, 0.25) is 0 Å². The Morgan fingerprint density at radius 2 is 1.82 bits per heavy atom. The molecule has 0 aromatic heterocycles. The van der Waals surface area contributed by atoms with E-state index >= 15 is 0 Å². The predicted octanol–water partition coefficient (Wildman–Crippen LogP) is 3.81. The molecule has 22 heavy (non-hydrogen) atoms. The number of ether oxygens (including phenoxy) is 1. The van der Waals surface area contributed by atoms with Crippen LogP contribution in [0.25, 0.3) is 0 Å². The molecule has 0 spiro atoms. The maximum Gasteiger partial charge on any atom is 0.319 e. The first-order valence-corrected chi connectivity index (χ1v) is 7.36. The number of benzene rings is 2. The van der Waals surface area contributed by atoms with Crippen LogP contribution in [0, 0.1) is 20.8 Å². The van der Waals surface area contributed by atoms with Gasteiger partial charge in [-0.25, -0.2) is 4.79 Å². The third kappa shape index (κ3) is 4.81. The Morgan fingerprint density at radius 3 is 2.55 bits per heavy atom. The van der Waals surface area contributed by atoms with Crippen LogP contribution in [-0.4, -0.2) is 19.2 Å². The van der Waals surface area contributed by atoms with Crippen molar-refractivity contribution in [2.24, 2.45) is 0 Å². The lowest BCUT2D eigenvalue weighted by Gasteiger charge is -2.11. The first-order valence-electron chi connectivity index (χ1n) is 7.36. The Bertz CT molecular complexity index is 653. The van der Waals surface area contributed by atoms with Crippen molar-refractivity contribution in [1.29, 1.82) is 0 Å². The molecule has 4 nitrogen and oxygen atoms in total. The van der Waals surface area contributed by atoms with Crippen molar-refractivity contribution in [2.75, 3.05) is 18.5 Å². The molecule has 0 saturated heterocycles. The fraction of sp³-hybridized carbons (Fsp3) is 0.278. The average molecular weight is 298 g/mol. The molecule has 0 bridgehead atoms. The highest BCUT2D eigenvalue weighted by Gasteiger charge is 2.02. The van der Waals surface area contributed by atoms with E-state index in [0.29, 0.717) is 13.2 Å². The SMILES string of the molecule is Cc1cccc(NC(=O)NCCOc2ccc(C)cc2C)c1. The lowest BCUT2D eigenvalue weighted by molar-refractivity contribution is 0.247. The van der Waals surface area contributed by atoms with E-state index in [1.54, 1.807) is 0 Å². The predicted molar refractivity (Wildman–Crippen MR) is 89.6 cm³/mol. The number of rotatable bonds is 5. The third-order valence-corrected chi connectivity index (χ3v) is 3.25. The van der Waals surface area contributed by atoms with Crippen LogP contribution in [0.1, 0.15) is 16.7 Å². The van der Waals surface area contributed by atoms with Crippen molar-refractivity contribution in [3.8, 4) is 5.75 Å². The van der Waals surface area contributed by atoms with Crippen LogP contribution in [0.3, 0.4) is 0 Å². The number of nitrogens with one attached hydrogen (secondary N) is 2. The fourth-order valence-corrected chi connectivity index (χ4v) is 2.18. The Balaban J connectivity index is 1.73. The van der Waals surface area contributed by atoms with Gasteiger partial charge in [-0.15, -0.1) is 0 Å². The number of hydrogen-bond donors (Lipinski definition) is 2. The average Bonchev–Trinajstić information content (AvgIpc) is 2.45. The number of hydrogen-bond acceptors (Lipinski definition) is 2. The number of amides is 2. The van der Waals surface area contributed by atoms with Crippen LogP contribution in [0.4, 0.5) is 10.5 Å². The van der Waals surface area contributed by atoms with Crippen molar-refractivity contribution in [3.05, 3.63) is 59.2 Å². The number of urea groups is 1. The highest BCUT2D eigenvalue weighted by atomic mass is 16.5. The van der Waals surface area contributed by atoms with E-state index in [2.05, 4.69) is 16.7 Å². The second-order valence-electron chi connectivity index (χ2n) is 5.37. The van der Waals surface area contributed by atoms with Crippen molar-refractivity contribution < 1.29 is 9.53 Å². The van der Waals surface area contributed by atoms with Crippen molar-refractivity contribution in [3.63, 3.8) is 0 Å². The molecule has 2 amide bonds. The molecule has 4 heteroatoms. The van der Waals surface area contributed by atoms with E-state index < -0.39 is 0 Å². The van der Waals surface area contributed by atoms with Gasteiger partial charge in [-0.3, -0.25) is 0 Å². The van der Waals surface area contributed by atoms with Crippen molar-refractivity contribution in [1.82, 2.24) is 5.32 Å². The van der Waals surface area contributed by atoms with Gasteiger partial charge < -0.3 is 15.4 Å². The molecule has 0 aliphatic rings. The smallest absolute Gasteiger partial charge is 0.319 e. The second-order valence-corrected chi connectivity index (χ2v) is 5.37. The van der Waals surface area contributed by atoms with Gasteiger partial charge in [0.05, 0.1) is 6.54 Å². The maximum atomic E-state index is 11.8. The summed E-state index contributed by atoms with van der Waals surface area (Å²) in [6.45, 7) is 6.94. The summed E-state index contributed by atoms with van der Waals surface area (Å²) in [5, 5.41) is 5.57. The Labute approximate surface area is 131 Å². The zero-order valence-corrected chi connectivity index (χ0v) is 13.3. The van der Waals surface area contributed by atoms with Crippen LogP contribution >= 0.6 is 0 Å². The van der Waals surface area contributed by atoms with Gasteiger partial charge in [0.15, 0.2) is 0 Å². The molecule has 0 aliphatic carbocycles. The summed E-state index contributed by atoms with van der Waals surface area (Å²) in [5.74, 6) is 0.853. The molecular formula is C18H22N2O2. The molecule has 0 heterocycles. The van der Waals surface area contributed by atoms with E-state index in [1.165, 1.54) is 5.56 Å². The van der Waals surface area contributed by atoms with Crippen LogP contribution in [0.15, 0.2) is 42.5 Å². The molecule has 0 aliphatic heterocycles. The highest BCUT2D eigenvalue weighted by molar-refractivity contribution is 5.89. The largest absolute Gasteiger partial charge is 0.491 e. The van der Waals surface area contributed by atoms with Crippen LogP contribution in [0.5, 0.6) is 5.75 Å². The summed E-state index contributed by atoms with van der Waals surface area (Å²) in [4.78, 5) is 11.8. The molecule has 2 N–H and O–H groups in total. The van der Waals surface area contributed by atoms with Gasteiger partial charge in [-0.2, -0.15) is 0 Å². The summed E-state index contributed by atoms with van der Waals surface area (Å²) < 4.78 is 5.67. The van der Waals surface area contributed by atoms with Crippen LogP contribution < -0.4 is 15.4 Å². The standard InChI is InChI=1S/C18H22N2O2/c1-13-5-4-6-16(12-13)20-18(21)19-9-10-22-17-8-7-14(2)11-15(17)3/h4-8,11-12H,9-10H2,1-3H3,(H2,19,20,21). The molecule has 116 valence electrons. The maximum absolute atomic E-state index is 11.8. The monoisotopic (exact) mass is 298 g/mol. The van der Waals surface area contributed by atoms with Crippen molar-refractivity contribution >= 4 is 11.7 Å². The molecule has 0 saturated carbocycles. The van der Waals surface area contributed by atoms with Gasteiger partial charge in [-0.1, -0.05) is 29.8 Å². The highest BCUT2D eigenvalue weighted by Crippen LogP contribution is 2.18. The van der Waals surface area contributed by atoms with Crippen molar-refractivity contribution in [2.45, 2.75) is 20.8 Å². The Hall–Kier alpha value is -2.49. The third-order valence-electron chi connectivity index (χ3n) is 3.25. The summed E-state index contributed by atoms with van der Waals surface area (Å²) in [6, 6.07) is 13.5. The fourth-order valence-electron chi connectivity index (χ4n) is 2.18. The minimum atomic E-state index is -0.227. The van der Waals surface area contributed by atoms with E-state index in [1.807, 2.05) is 57.2 Å². The molecule has 0 radical (unpaired) electrons. The molecule has 0 fully saturated rings. The number of aryl methyl sites for hydroxylation is 3. The number of anilines is 1. The Kier molecular flexibility index (Phi) is 5.42. The minimum absolute atomic E-state index is 0.227. The van der Waals surface area contributed by atoms with E-state index in [-0.39, 0.29) is 6.03 Å². The zero-order chi connectivity index (χ0) is 15.9. The first-order chi connectivity index (χ1) is 10.5. The second kappa shape index (κ2) is 7.50. The zero-order valence-electron chi connectivity index (χ0n) is 13.3. The molecule has 2 aromatic rings.